The maximum Gasteiger partial charge on any atom is 0.271 e. The summed E-state index contributed by atoms with van der Waals surface area (Å²) < 4.78 is 0. The number of benzene rings is 2. The summed E-state index contributed by atoms with van der Waals surface area (Å²) >= 11 is 6.04. The molecule has 1 aromatic heterocycles. The second-order valence-electron chi connectivity index (χ2n) is 6.96. The third kappa shape index (κ3) is 5.42. The number of nitro groups is 1. The number of halogens is 1. The molecule has 0 saturated heterocycles. The summed E-state index contributed by atoms with van der Waals surface area (Å²) in [4.78, 5) is 27.4. The quantitative estimate of drug-likeness (QED) is 0.262. The number of carbonyl (C=O) groups excluding carboxylic acids is 1. The van der Waals surface area contributed by atoms with E-state index in [0.29, 0.717) is 5.56 Å². The van der Waals surface area contributed by atoms with Crippen molar-refractivity contribution in [1.29, 1.82) is 0 Å². The van der Waals surface area contributed by atoms with E-state index in [1.165, 1.54) is 36.6 Å². The molecule has 1 amide bonds. The fraction of sp³-hybridized carbons (Fsp3) is 0.217. The van der Waals surface area contributed by atoms with Gasteiger partial charge in [0.2, 0.25) is 0 Å². The Morgan fingerprint density at radius 1 is 1.10 bits per heavy atom. The number of unbranched alkanes of at least 4 members (excludes halogenated alkanes) is 2. The molecule has 0 spiro atoms. The fourth-order valence-electron chi connectivity index (χ4n) is 3.03. The molecule has 0 atom stereocenters. The molecule has 1 N–H and O–H groups in total. The van der Waals surface area contributed by atoms with Gasteiger partial charge in [-0.3, -0.25) is 19.9 Å². The number of nitrogens with zero attached hydrogens (tertiary/aromatic N) is 2. The number of non-ortho nitro benzene ring substituents is 1. The highest BCUT2D eigenvalue weighted by atomic mass is 35.5. The molecule has 7 heteroatoms. The van der Waals surface area contributed by atoms with Crippen molar-refractivity contribution in [3.63, 3.8) is 0 Å². The number of pyridine rings is 1. The Hall–Kier alpha value is -3.25. The van der Waals surface area contributed by atoms with Gasteiger partial charge in [0.1, 0.15) is 0 Å². The van der Waals surface area contributed by atoms with Crippen LogP contribution in [0.2, 0.25) is 5.02 Å². The van der Waals surface area contributed by atoms with E-state index in [9.17, 15) is 14.9 Å². The molecule has 0 unspecified atom stereocenters. The summed E-state index contributed by atoms with van der Waals surface area (Å²) in [6, 6.07) is 15.0. The van der Waals surface area contributed by atoms with Crippen LogP contribution < -0.4 is 5.32 Å². The Balaban J connectivity index is 1.69. The Kier molecular flexibility index (Phi) is 7.14. The van der Waals surface area contributed by atoms with E-state index < -0.39 is 10.8 Å². The van der Waals surface area contributed by atoms with Crippen LogP contribution in [0.5, 0.6) is 0 Å². The second-order valence-corrected chi connectivity index (χ2v) is 7.37. The molecular formula is C23H22ClN3O3. The van der Waals surface area contributed by atoms with Crippen LogP contribution in [0.25, 0.3) is 11.3 Å². The van der Waals surface area contributed by atoms with Gasteiger partial charge in [0.25, 0.3) is 11.6 Å². The maximum atomic E-state index is 12.5. The van der Waals surface area contributed by atoms with Gasteiger partial charge in [-0.05, 0) is 42.7 Å². The van der Waals surface area contributed by atoms with E-state index >= 15 is 0 Å². The average Bonchev–Trinajstić information content (AvgIpc) is 2.76. The number of hydrogen-bond donors (Lipinski definition) is 1. The molecule has 0 saturated carbocycles. The number of amides is 1. The third-order valence-electron chi connectivity index (χ3n) is 4.75. The molecule has 3 aromatic rings. The molecule has 0 fully saturated rings. The van der Waals surface area contributed by atoms with Crippen LogP contribution in [0, 0.1) is 10.1 Å². The SMILES string of the molecule is CCCCCc1ccc(-c2ccc(C(=O)Nc3cc([N+](=O)[O-])ccc3Cl)cc2)nc1. The molecule has 0 bridgehead atoms. The molecule has 30 heavy (non-hydrogen) atoms. The number of aromatic nitrogens is 1. The zero-order chi connectivity index (χ0) is 21.5. The number of aryl methyl sites for hydroxylation is 1. The minimum Gasteiger partial charge on any atom is -0.320 e. The normalized spacial score (nSPS) is 10.6. The van der Waals surface area contributed by atoms with E-state index in [1.54, 1.807) is 12.1 Å². The zero-order valence-corrected chi connectivity index (χ0v) is 17.4. The molecule has 2 aromatic carbocycles. The fourth-order valence-corrected chi connectivity index (χ4v) is 3.20. The average molecular weight is 424 g/mol. The van der Waals surface area contributed by atoms with Gasteiger partial charge < -0.3 is 5.32 Å². The van der Waals surface area contributed by atoms with Gasteiger partial charge in [-0.15, -0.1) is 0 Å². The van der Waals surface area contributed by atoms with Gasteiger partial charge >= 0.3 is 0 Å². The van der Waals surface area contributed by atoms with E-state index in [-0.39, 0.29) is 16.4 Å². The lowest BCUT2D eigenvalue weighted by Gasteiger charge is -2.08. The van der Waals surface area contributed by atoms with E-state index in [1.807, 2.05) is 24.4 Å². The minimum atomic E-state index is -0.539. The van der Waals surface area contributed by atoms with E-state index in [0.717, 1.165) is 24.1 Å². The minimum absolute atomic E-state index is 0.144. The molecule has 154 valence electrons. The van der Waals surface area contributed by atoms with Crippen molar-refractivity contribution < 1.29 is 9.72 Å². The maximum absolute atomic E-state index is 12.5. The van der Waals surface area contributed by atoms with Crippen molar-refractivity contribution in [3.05, 3.63) is 87.1 Å². The Labute approximate surface area is 180 Å². The first-order valence-corrected chi connectivity index (χ1v) is 10.2. The summed E-state index contributed by atoms with van der Waals surface area (Å²) in [6.45, 7) is 2.18. The standard InChI is InChI=1S/C23H22ClN3O3/c1-2-3-4-5-16-6-13-21(25-15-16)17-7-9-18(10-8-17)23(28)26-22-14-19(27(29)30)11-12-20(22)24/h6-15H,2-5H2,1H3,(H,26,28). The molecule has 3 rings (SSSR count). The number of hydrogen-bond acceptors (Lipinski definition) is 4. The Morgan fingerprint density at radius 2 is 1.87 bits per heavy atom. The Morgan fingerprint density at radius 3 is 2.50 bits per heavy atom. The van der Waals surface area contributed by atoms with Crippen molar-refractivity contribution >= 4 is 28.9 Å². The monoisotopic (exact) mass is 423 g/mol. The van der Waals surface area contributed by atoms with Crippen LogP contribution in [0.4, 0.5) is 11.4 Å². The van der Waals surface area contributed by atoms with E-state index in [2.05, 4.69) is 23.3 Å². The molecule has 0 aliphatic rings. The first kappa shape index (κ1) is 21.5. The molecule has 0 radical (unpaired) electrons. The van der Waals surface area contributed by atoms with Gasteiger partial charge in [0.15, 0.2) is 0 Å². The largest absolute Gasteiger partial charge is 0.320 e. The summed E-state index contributed by atoms with van der Waals surface area (Å²) in [7, 11) is 0. The summed E-state index contributed by atoms with van der Waals surface area (Å²) in [5.74, 6) is -0.400. The topological polar surface area (TPSA) is 85.1 Å². The number of nitrogens with one attached hydrogen (secondary N) is 1. The van der Waals surface area contributed by atoms with Gasteiger partial charge in [-0.2, -0.15) is 0 Å². The number of anilines is 1. The van der Waals surface area contributed by atoms with Crippen LogP contribution in [0.15, 0.2) is 60.8 Å². The van der Waals surface area contributed by atoms with Gasteiger partial charge in [0.05, 0.1) is 21.3 Å². The van der Waals surface area contributed by atoms with Crippen molar-refractivity contribution in [2.45, 2.75) is 32.6 Å². The predicted octanol–water partition coefficient (Wildman–Crippen LogP) is 6.30. The molecular weight excluding hydrogens is 402 g/mol. The summed E-state index contributed by atoms with van der Waals surface area (Å²) in [6.07, 6.45) is 6.50. The van der Waals surface area contributed by atoms with Crippen LogP contribution in [0.1, 0.15) is 42.1 Å². The lowest BCUT2D eigenvalue weighted by atomic mass is 10.1. The van der Waals surface area contributed by atoms with Crippen molar-refractivity contribution in [1.82, 2.24) is 4.98 Å². The summed E-state index contributed by atoms with van der Waals surface area (Å²) in [5, 5.41) is 13.8. The Bertz CT molecular complexity index is 1030. The lowest BCUT2D eigenvalue weighted by molar-refractivity contribution is -0.384. The number of rotatable bonds is 8. The smallest absolute Gasteiger partial charge is 0.271 e. The molecule has 6 nitrogen and oxygen atoms in total. The number of carbonyl (C=O) groups is 1. The van der Waals surface area contributed by atoms with Crippen LogP contribution in [0.3, 0.4) is 0 Å². The van der Waals surface area contributed by atoms with Gasteiger partial charge in [0, 0.05) is 29.5 Å². The van der Waals surface area contributed by atoms with Crippen molar-refractivity contribution in [2.75, 3.05) is 5.32 Å². The highest BCUT2D eigenvalue weighted by Gasteiger charge is 2.13. The van der Waals surface area contributed by atoms with Crippen molar-refractivity contribution in [3.8, 4) is 11.3 Å². The first-order valence-electron chi connectivity index (χ1n) is 9.78. The molecule has 0 aliphatic heterocycles. The van der Waals surface area contributed by atoms with Gasteiger partial charge in [-0.25, -0.2) is 0 Å². The first-order chi connectivity index (χ1) is 14.5. The van der Waals surface area contributed by atoms with Crippen LogP contribution in [-0.2, 0) is 6.42 Å². The summed E-state index contributed by atoms with van der Waals surface area (Å²) in [5.41, 5.74) is 3.42. The zero-order valence-electron chi connectivity index (χ0n) is 16.6. The highest BCUT2D eigenvalue weighted by molar-refractivity contribution is 6.34. The lowest BCUT2D eigenvalue weighted by Crippen LogP contribution is -2.12. The molecule has 1 heterocycles. The third-order valence-corrected chi connectivity index (χ3v) is 5.08. The highest BCUT2D eigenvalue weighted by Crippen LogP contribution is 2.27. The second kappa shape index (κ2) is 9.98. The van der Waals surface area contributed by atoms with Crippen molar-refractivity contribution in [2.24, 2.45) is 0 Å². The van der Waals surface area contributed by atoms with Gasteiger partial charge in [-0.1, -0.05) is 49.6 Å². The number of nitro benzene ring substituents is 1. The predicted molar refractivity (Wildman–Crippen MR) is 119 cm³/mol. The van der Waals surface area contributed by atoms with E-state index in [4.69, 9.17) is 11.6 Å². The van der Waals surface area contributed by atoms with Crippen LogP contribution in [-0.4, -0.2) is 15.8 Å². The molecule has 0 aliphatic carbocycles. The van der Waals surface area contributed by atoms with Crippen LogP contribution >= 0.6 is 11.6 Å².